The van der Waals surface area contributed by atoms with Crippen LogP contribution in [-0.2, 0) is 12.8 Å². The number of rotatable bonds is 10. The highest BCUT2D eigenvalue weighted by atomic mass is 35.5. The summed E-state index contributed by atoms with van der Waals surface area (Å²) in [6, 6.07) is 8.36. The van der Waals surface area contributed by atoms with Gasteiger partial charge in [0, 0.05) is 37.4 Å². The summed E-state index contributed by atoms with van der Waals surface area (Å²) in [7, 11) is 3.26. The number of ether oxygens (including phenoxy) is 2. The minimum Gasteiger partial charge on any atom is -0.493 e. The molecule has 2 aromatic carbocycles. The van der Waals surface area contributed by atoms with Gasteiger partial charge in [0.2, 0.25) is 0 Å². The number of halogens is 2. The normalized spacial score (nSPS) is 17.2. The summed E-state index contributed by atoms with van der Waals surface area (Å²) < 4.78 is 10.9. The fraction of sp³-hybridized carbons (Fsp3) is 0.567. The van der Waals surface area contributed by atoms with Gasteiger partial charge in [-0.05, 0) is 106 Å². The summed E-state index contributed by atoms with van der Waals surface area (Å²) in [5.41, 5.74) is 7.29. The maximum absolute atomic E-state index is 13.3. The van der Waals surface area contributed by atoms with Gasteiger partial charge in [-0.2, -0.15) is 0 Å². The molecule has 2 aliphatic heterocycles. The summed E-state index contributed by atoms with van der Waals surface area (Å²) in [4.78, 5) is 18.0. The lowest BCUT2D eigenvalue weighted by Crippen LogP contribution is -2.45. The maximum Gasteiger partial charge on any atom is 0.254 e. The Hall–Kier alpha value is -2.15. The molecule has 2 heterocycles. The second-order valence-electron chi connectivity index (χ2n) is 10.3. The summed E-state index contributed by atoms with van der Waals surface area (Å²) in [5, 5.41) is 3.59. The molecule has 4 rings (SSSR count). The van der Waals surface area contributed by atoms with Gasteiger partial charge >= 0.3 is 0 Å². The van der Waals surface area contributed by atoms with Crippen LogP contribution < -0.4 is 14.8 Å². The molecule has 2 aliphatic rings. The molecule has 1 atom stereocenters. The SMILES string of the molecule is CCNc1c(CCCN2CCCC(CN3CCc4cc(OC)c(OC)cc4C3=O)C2)ccc(C)c1C.Cl.Cl. The van der Waals surface area contributed by atoms with E-state index in [9.17, 15) is 4.79 Å². The highest BCUT2D eigenvalue weighted by molar-refractivity contribution is 5.97. The average Bonchev–Trinajstić information content (AvgIpc) is 2.89. The number of aryl methyl sites for hydroxylation is 2. The van der Waals surface area contributed by atoms with Crippen molar-refractivity contribution in [1.29, 1.82) is 0 Å². The molecular formula is C30H45Cl2N3O3. The quantitative estimate of drug-likeness (QED) is 0.386. The van der Waals surface area contributed by atoms with Gasteiger partial charge in [0.05, 0.1) is 14.2 Å². The van der Waals surface area contributed by atoms with Gasteiger partial charge in [-0.3, -0.25) is 4.79 Å². The second kappa shape index (κ2) is 14.9. The first-order valence-electron chi connectivity index (χ1n) is 13.5. The van der Waals surface area contributed by atoms with Crippen molar-refractivity contribution in [3.8, 4) is 11.5 Å². The van der Waals surface area contributed by atoms with Gasteiger partial charge in [0.15, 0.2) is 11.5 Å². The van der Waals surface area contributed by atoms with Crippen LogP contribution in [0.5, 0.6) is 11.5 Å². The Balaban J connectivity index is 0.00000253. The van der Waals surface area contributed by atoms with E-state index < -0.39 is 0 Å². The highest BCUT2D eigenvalue weighted by Crippen LogP contribution is 2.34. The van der Waals surface area contributed by atoms with Crippen LogP contribution in [0, 0.1) is 19.8 Å². The number of piperidine rings is 1. The summed E-state index contributed by atoms with van der Waals surface area (Å²) in [5.74, 6) is 1.97. The van der Waals surface area contributed by atoms with Crippen LogP contribution in [0.25, 0.3) is 0 Å². The number of nitrogens with zero attached hydrogens (tertiary/aromatic N) is 2. The zero-order chi connectivity index (χ0) is 25.7. The Morgan fingerprint density at radius 1 is 1.05 bits per heavy atom. The Labute approximate surface area is 241 Å². The number of benzene rings is 2. The number of fused-ring (bicyclic) bond motifs is 1. The lowest BCUT2D eigenvalue weighted by atomic mass is 9.93. The summed E-state index contributed by atoms with van der Waals surface area (Å²) >= 11 is 0. The number of likely N-dealkylation sites (tertiary alicyclic amines) is 1. The molecule has 1 N–H and O–H groups in total. The number of nitrogens with one attached hydrogen (secondary N) is 1. The van der Waals surface area contributed by atoms with Crippen molar-refractivity contribution < 1.29 is 14.3 Å². The number of hydrogen-bond donors (Lipinski definition) is 1. The minimum absolute atomic E-state index is 0. The van der Waals surface area contributed by atoms with Crippen LogP contribution in [0.3, 0.4) is 0 Å². The third-order valence-corrected chi connectivity index (χ3v) is 7.96. The molecule has 212 valence electrons. The molecule has 38 heavy (non-hydrogen) atoms. The summed E-state index contributed by atoms with van der Waals surface area (Å²) in [6.45, 7) is 12.5. The van der Waals surface area contributed by atoms with Crippen LogP contribution in [-0.4, -0.2) is 69.2 Å². The van der Waals surface area contributed by atoms with Crippen LogP contribution in [0.15, 0.2) is 24.3 Å². The maximum atomic E-state index is 13.3. The van der Waals surface area contributed by atoms with Gasteiger partial charge in [0.1, 0.15) is 0 Å². The molecule has 1 saturated heterocycles. The molecule has 0 radical (unpaired) electrons. The molecule has 0 saturated carbocycles. The summed E-state index contributed by atoms with van der Waals surface area (Å²) in [6.07, 6.45) is 5.52. The largest absolute Gasteiger partial charge is 0.493 e. The minimum atomic E-state index is 0. The number of amides is 1. The van der Waals surface area contributed by atoms with Crippen LogP contribution in [0.1, 0.15) is 58.8 Å². The Kier molecular flexibility index (Phi) is 12.5. The van der Waals surface area contributed by atoms with Gasteiger partial charge in [-0.25, -0.2) is 0 Å². The van der Waals surface area contributed by atoms with E-state index in [0.29, 0.717) is 17.4 Å². The van der Waals surface area contributed by atoms with Gasteiger partial charge in [0.25, 0.3) is 5.91 Å². The van der Waals surface area contributed by atoms with E-state index in [-0.39, 0.29) is 30.7 Å². The third-order valence-electron chi connectivity index (χ3n) is 7.96. The number of hydrogen-bond acceptors (Lipinski definition) is 5. The molecule has 0 aliphatic carbocycles. The van der Waals surface area contributed by atoms with E-state index in [1.807, 2.05) is 12.1 Å². The van der Waals surface area contributed by atoms with Crippen molar-refractivity contribution >= 4 is 36.4 Å². The van der Waals surface area contributed by atoms with Crippen molar-refractivity contribution in [2.45, 2.75) is 52.9 Å². The molecule has 2 aromatic rings. The smallest absolute Gasteiger partial charge is 0.254 e. The first kappa shape index (κ1) is 32.1. The fourth-order valence-electron chi connectivity index (χ4n) is 5.84. The Morgan fingerprint density at radius 2 is 1.79 bits per heavy atom. The molecular weight excluding hydrogens is 521 g/mol. The second-order valence-corrected chi connectivity index (χ2v) is 10.3. The Bertz CT molecular complexity index is 1080. The molecule has 0 spiro atoms. The lowest BCUT2D eigenvalue weighted by Gasteiger charge is -2.37. The monoisotopic (exact) mass is 565 g/mol. The van der Waals surface area contributed by atoms with Crippen LogP contribution in [0.2, 0.25) is 0 Å². The zero-order valence-electron chi connectivity index (χ0n) is 23.6. The number of carbonyl (C=O) groups excluding carboxylic acids is 1. The first-order valence-corrected chi connectivity index (χ1v) is 13.5. The van der Waals surface area contributed by atoms with Crippen molar-refractivity contribution in [3.63, 3.8) is 0 Å². The molecule has 1 amide bonds. The van der Waals surface area contributed by atoms with Gasteiger partial charge < -0.3 is 24.6 Å². The van der Waals surface area contributed by atoms with Crippen molar-refractivity contribution in [2.75, 3.05) is 58.8 Å². The van der Waals surface area contributed by atoms with E-state index in [0.717, 1.165) is 69.7 Å². The highest BCUT2D eigenvalue weighted by Gasteiger charge is 2.30. The molecule has 1 unspecified atom stereocenters. The van der Waals surface area contributed by atoms with E-state index in [2.05, 4.69) is 48.0 Å². The molecule has 1 fully saturated rings. The predicted octanol–water partition coefficient (Wildman–Crippen LogP) is 5.94. The molecule has 6 nitrogen and oxygen atoms in total. The van der Waals surface area contributed by atoms with E-state index in [1.54, 1.807) is 14.2 Å². The van der Waals surface area contributed by atoms with E-state index in [4.69, 9.17) is 9.47 Å². The van der Waals surface area contributed by atoms with Gasteiger partial charge in [-0.15, -0.1) is 24.8 Å². The molecule has 0 bridgehead atoms. The average molecular weight is 567 g/mol. The predicted molar refractivity (Wildman–Crippen MR) is 161 cm³/mol. The number of anilines is 1. The standard InChI is InChI=1S/C30H43N3O3.2ClH/c1-6-31-29-22(3)21(2)11-12-24(29)10-8-15-32-14-7-9-23(19-32)20-33-16-13-25-17-27(35-4)28(36-5)18-26(25)30(33)34;;/h11-12,17-18,23,31H,6-10,13-16,19-20H2,1-5H3;2*1H. The van der Waals surface area contributed by atoms with Crippen molar-refractivity contribution in [3.05, 3.63) is 52.1 Å². The van der Waals surface area contributed by atoms with Gasteiger partial charge in [-0.1, -0.05) is 12.1 Å². The molecule has 8 heteroatoms. The first-order chi connectivity index (χ1) is 17.4. The van der Waals surface area contributed by atoms with E-state index in [1.165, 1.54) is 35.2 Å². The molecule has 0 aromatic heterocycles. The zero-order valence-corrected chi connectivity index (χ0v) is 25.2. The lowest BCUT2D eigenvalue weighted by molar-refractivity contribution is 0.0660. The van der Waals surface area contributed by atoms with Crippen LogP contribution >= 0.6 is 24.8 Å². The van der Waals surface area contributed by atoms with Crippen LogP contribution in [0.4, 0.5) is 5.69 Å². The number of carbonyl (C=O) groups is 1. The number of methoxy groups -OCH3 is 2. The Morgan fingerprint density at radius 3 is 2.50 bits per heavy atom. The fourth-order valence-corrected chi connectivity index (χ4v) is 5.84. The van der Waals surface area contributed by atoms with Crippen molar-refractivity contribution in [1.82, 2.24) is 9.80 Å². The van der Waals surface area contributed by atoms with Crippen molar-refractivity contribution in [2.24, 2.45) is 5.92 Å². The third kappa shape index (κ3) is 7.28. The van der Waals surface area contributed by atoms with E-state index >= 15 is 0 Å². The topological polar surface area (TPSA) is 54.0 Å².